The number of hydrogen-bond donors (Lipinski definition) is 2. The lowest BCUT2D eigenvalue weighted by molar-refractivity contribution is 1.16. The first-order valence-corrected chi connectivity index (χ1v) is 3.50. The highest BCUT2D eigenvalue weighted by Crippen LogP contribution is 2.12. The molecule has 0 radical (unpaired) electrons. The van der Waals surface area contributed by atoms with Gasteiger partial charge in [-0.1, -0.05) is 12.1 Å². The van der Waals surface area contributed by atoms with Crippen molar-refractivity contribution in [1.29, 1.82) is 5.53 Å². The van der Waals surface area contributed by atoms with Gasteiger partial charge in [0.15, 0.2) is 0 Å². The van der Waals surface area contributed by atoms with Gasteiger partial charge in [-0.2, -0.15) is 0 Å². The van der Waals surface area contributed by atoms with E-state index < -0.39 is 0 Å². The molecule has 4 nitrogen and oxygen atoms in total. The quantitative estimate of drug-likeness (QED) is 0.369. The smallest absolute Gasteiger partial charge is 0.239 e. The van der Waals surface area contributed by atoms with Crippen LogP contribution in [-0.4, -0.2) is 5.96 Å². The number of nitrogens with one attached hydrogen (secondary N) is 1. The molecule has 0 aromatic heterocycles. The van der Waals surface area contributed by atoms with Crippen LogP contribution in [0.5, 0.6) is 0 Å². The molecular weight excluding hydrogens is 152 g/mol. The van der Waals surface area contributed by atoms with Crippen LogP contribution in [-0.2, 0) is 0 Å². The van der Waals surface area contributed by atoms with E-state index in [0.717, 1.165) is 11.3 Å². The van der Waals surface area contributed by atoms with E-state index in [1.54, 1.807) is 0 Å². The molecule has 1 rings (SSSR count). The molecular formula is C8H10N4. The number of hydrogen-bond acceptors (Lipinski definition) is 2. The van der Waals surface area contributed by atoms with Crippen LogP contribution < -0.4 is 5.73 Å². The van der Waals surface area contributed by atoms with E-state index >= 15 is 0 Å². The third-order valence-corrected chi connectivity index (χ3v) is 1.36. The lowest BCUT2D eigenvalue weighted by Crippen LogP contribution is -2.05. The van der Waals surface area contributed by atoms with E-state index in [9.17, 15) is 0 Å². The average molecular weight is 162 g/mol. The molecule has 4 heteroatoms. The van der Waals surface area contributed by atoms with Crippen molar-refractivity contribution in [3.05, 3.63) is 29.8 Å². The zero-order valence-corrected chi connectivity index (χ0v) is 6.78. The molecule has 0 heterocycles. The normalized spacial score (nSPS) is 11.2. The van der Waals surface area contributed by atoms with Crippen molar-refractivity contribution in [3.63, 3.8) is 0 Å². The van der Waals surface area contributed by atoms with Crippen LogP contribution in [0.15, 0.2) is 34.4 Å². The van der Waals surface area contributed by atoms with Gasteiger partial charge in [-0.3, -0.25) is 0 Å². The molecule has 0 atom stereocenters. The van der Waals surface area contributed by atoms with Crippen LogP contribution in [0.4, 0.5) is 5.69 Å². The lowest BCUT2D eigenvalue weighted by atomic mass is 10.2. The van der Waals surface area contributed by atoms with Gasteiger partial charge < -0.3 is 5.73 Å². The fourth-order valence-corrected chi connectivity index (χ4v) is 0.855. The van der Waals surface area contributed by atoms with E-state index in [-0.39, 0.29) is 5.96 Å². The zero-order valence-electron chi connectivity index (χ0n) is 6.78. The van der Waals surface area contributed by atoms with Crippen LogP contribution in [0.3, 0.4) is 0 Å². The molecule has 1 aromatic rings. The minimum absolute atomic E-state index is 0.0272. The summed E-state index contributed by atoms with van der Waals surface area (Å²) in [5, 5.41) is 2.99. The zero-order chi connectivity index (χ0) is 8.97. The molecule has 0 amide bonds. The third-order valence-electron chi connectivity index (χ3n) is 1.36. The van der Waals surface area contributed by atoms with Gasteiger partial charge in [0, 0.05) is 0 Å². The molecule has 62 valence electrons. The Bertz CT molecular complexity index is 317. The van der Waals surface area contributed by atoms with E-state index in [2.05, 4.69) is 10.1 Å². The summed E-state index contributed by atoms with van der Waals surface area (Å²) >= 11 is 0. The van der Waals surface area contributed by atoms with Gasteiger partial charge in [0.1, 0.15) is 0 Å². The summed E-state index contributed by atoms with van der Waals surface area (Å²) in [6, 6.07) is 7.53. The molecule has 0 fully saturated rings. The molecule has 0 saturated carbocycles. The molecule has 0 spiro atoms. The summed E-state index contributed by atoms with van der Waals surface area (Å²) in [6.45, 7) is 1.97. The SMILES string of the molecule is Cc1cccc(N=C(N)N=N)c1. The number of guanidine groups is 1. The first-order chi connectivity index (χ1) is 5.72. The Kier molecular flexibility index (Phi) is 2.53. The number of aryl methyl sites for hydroxylation is 1. The number of nitrogens with two attached hydrogens (primary N) is 1. The van der Waals surface area contributed by atoms with E-state index in [1.807, 2.05) is 31.2 Å². The second-order valence-electron chi connectivity index (χ2n) is 2.42. The highest BCUT2D eigenvalue weighted by atomic mass is 15.1. The molecule has 0 unspecified atom stereocenters. The summed E-state index contributed by atoms with van der Waals surface area (Å²) in [6.07, 6.45) is 0. The Balaban J connectivity index is 2.97. The van der Waals surface area contributed by atoms with Crippen LogP contribution in [0, 0.1) is 12.5 Å². The standard InChI is InChI=1S/C8H10N4/c1-6-3-2-4-7(5-6)11-8(9)12-10/h2-5,10H,1H3,(H2,9,11). The second kappa shape index (κ2) is 3.61. The second-order valence-corrected chi connectivity index (χ2v) is 2.42. The highest BCUT2D eigenvalue weighted by Gasteiger charge is 1.90. The van der Waals surface area contributed by atoms with Gasteiger partial charge in [-0.15, -0.1) is 5.11 Å². The topological polar surface area (TPSA) is 74.6 Å². The van der Waals surface area contributed by atoms with Gasteiger partial charge in [0.05, 0.1) is 5.69 Å². The summed E-state index contributed by atoms with van der Waals surface area (Å²) in [4.78, 5) is 3.88. The van der Waals surface area contributed by atoms with Crippen LogP contribution in [0.25, 0.3) is 0 Å². The maximum atomic E-state index is 6.58. The van der Waals surface area contributed by atoms with Crippen molar-refractivity contribution >= 4 is 11.6 Å². The van der Waals surface area contributed by atoms with Crippen molar-refractivity contribution in [1.82, 2.24) is 0 Å². The van der Waals surface area contributed by atoms with Gasteiger partial charge in [-0.25, -0.2) is 10.5 Å². The molecule has 0 saturated heterocycles. The van der Waals surface area contributed by atoms with Crippen LogP contribution in [0.2, 0.25) is 0 Å². The summed E-state index contributed by atoms with van der Waals surface area (Å²) < 4.78 is 0. The fourth-order valence-electron chi connectivity index (χ4n) is 0.855. The van der Waals surface area contributed by atoms with Gasteiger partial charge in [-0.05, 0) is 24.6 Å². The first kappa shape index (κ1) is 8.39. The Labute approximate surface area is 70.6 Å². The molecule has 1 aromatic carbocycles. The van der Waals surface area contributed by atoms with Crippen LogP contribution in [0.1, 0.15) is 5.56 Å². The highest BCUT2D eigenvalue weighted by molar-refractivity contribution is 5.80. The number of rotatable bonds is 1. The summed E-state index contributed by atoms with van der Waals surface area (Å²) in [5.41, 5.74) is 13.7. The molecule has 0 aliphatic carbocycles. The van der Waals surface area contributed by atoms with E-state index in [1.165, 1.54) is 0 Å². The van der Waals surface area contributed by atoms with Crippen molar-refractivity contribution < 1.29 is 0 Å². The molecule has 3 N–H and O–H groups in total. The van der Waals surface area contributed by atoms with Gasteiger partial charge in [0.2, 0.25) is 5.96 Å². The maximum absolute atomic E-state index is 6.58. The third kappa shape index (κ3) is 2.16. The van der Waals surface area contributed by atoms with Gasteiger partial charge in [0.25, 0.3) is 0 Å². The van der Waals surface area contributed by atoms with E-state index in [4.69, 9.17) is 11.3 Å². The Morgan fingerprint density at radius 2 is 2.25 bits per heavy atom. The Hall–Kier alpha value is -1.71. The summed E-state index contributed by atoms with van der Waals surface area (Å²) in [5.74, 6) is -0.0272. The maximum Gasteiger partial charge on any atom is 0.239 e. The predicted octanol–water partition coefficient (Wildman–Crippen LogP) is 1.97. The minimum atomic E-state index is -0.0272. The number of nitrogens with zero attached hydrogens (tertiary/aromatic N) is 2. The number of aliphatic imine (C=N–C) groups is 1. The van der Waals surface area contributed by atoms with Crippen molar-refractivity contribution in [3.8, 4) is 0 Å². The lowest BCUT2D eigenvalue weighted by Gasteiger charge is -1.94. The Morgan fingerprint density at radius 1 is 1.50 bits per heavy atom. The van der Waals surface area contributed by atoms with Gasteiger partial charge >= 0.3 is 0 Å². The average Bonchev–Trinajstić information content (AvgIpc) is 2.04. The van der Waals surface area contributed by atoms with Crippen molar-refractivity contribution in [2.24, 2.45) is 15.8 Å². The minimum Gasteiger partial charge on any atom is -0.366 e. The van der Waals surface area contributed by atoms with Crippen molar-refractivity contribution in [2.45, 2.75) is 6.92 Å². The van der Waals surface area contributed by atoms with E-state index in [0.29, 0.717) is 0 Å². The molecule has 0 aliphatic heterocycles. The largest absolute Gasteiger partial charge is 0.366 e. The fraction of sp³-hybridized carbons (Fsp3) is 0.125. The monoisotopic (exact) mass is 162 g/mol. The molecule has 0 aliphatic rings. The first-order valence-electron chi connectivity index (χ1n) is 3.50. The predicted molar refractivity (Wildman–Crippen MR) is 47.6 cm³/mol. The Morgan fingerprint density at radius 3 is 2.83 bits per heavy atom. The number of benzene rings is 1. The van der Waals surface area contributed by atoms with Crippen LogP contribution >= 0.6 is 0 Å². The molecule has 12 heavy (non-hydrogen) atoms. The summed E-state index contributed by atoms with van der Waals surface area (Å²) in [7, 11) is 0. The van der Waals surface area contributed by atoms with Crippen molar-refractivity contribution in [2.75, 3.05) is 0 Å². The molecule has 0 bridgehead atoms.